The molecular formula is C22H18F2N6O3S. The maximum Gasteiger partial charge on any atom is 0.265 e. The number of benzene rings is 1. The van der Waals surface area contributed by atoms with Crippen molar-refractivity contribution in [2.24, 2.45) is 0 Å². The second-order valence-corrected chi connectivity index (χ2v) is 8.98. The Morgan fingerprint density at radius 3 is 2.50 bits per heavy atom. The highest BCUT2D eigenvalue weighted by atomic mass is 32.2. The average molecular weight is 484 g/mol. The van der Waals surface area contributed by atoms with Crippen molar-refractivity contribution in [2.45, 2.75) is 18.7 Å². The van der Waals surface area contributed by atoms with Crippen LogP contribution in [0.1, 0.15) is 11.4 Å². The van der Waals surface area contributed by atoms with Gasteiger partial charge in [0, 0.05) is 24.5 Å². The molecule has 0 radical (unpaired) electrons. The van der Waals surface area contributed by atoms with Crippen molar-refractivity contribution >= 4 is 27.5 Å². The maximum atomic E-state index is 14.0. The first kappa shape index (κ1) is 23.0. The van der Waals surface area contributed by atoms with Crippen LogP contribution in [-0.2, 0) is 10.0 Å². The SMILES string of the molecule is Cc1nccc(Nc2cc(-c3cc(NS(=O)(=O)c4ccc(F)cc4F)[nH]c(=O)c3)c(C)cn2)n1. The molecule has 0 aliphatic heterocycles. The van der Waals surface area contributed by atoms with Gasteiger partial charge < -0.3 is 10.3 Å². The topological polar surface area (TPSA) is 130 Å². The van der Waals surface area contributed by atoms with Crippen LogP contribution in [0.3, 0.4) is 0 Å². The van der Waals surface area contributed by atoms with Crippen LogP contribution in [0, 0.1) is 25.5 Å². The molecule has 0 aliphatic rings. The fraction of sp³-hybridized carbons (Fsp3) is 0.0909. The van der Waals surface area contributed by atoms with Crippen LogP contribution < -0.4 is 15.6 Å². The lowest BCUT2D eigenvalue weighted by molar-refractivity contribution is 0.551. The number of nitrogens with one attached hydrogen (secondary N) is 3. The van der Waals surface area contributed by atoms with Gasteiger partial charge in [0.25, 0.3) is 10.0 Å². The monoisotopic (exact) mass is 484 g/mol. The molecule has 0 spiro atoms. The van der Waals surface area contributed by atoms with Crippen LogP contribution >= 0.6 is 0 Å². The van der Waals surface area contributed by atoms with Gasteiger partial charge in [-0.15, -0.1) is 0 Å². The number of H-pyrrole nitrogens is 1. The molecule has 1 aromatic carbocycles. The highest BCUT2D eigenvalue weighted by Crippen LogP contribution is 2.27. The van der Waals surface area contributed by atoms with Gasteiger partial charge in [-0.3, -0.25) is 9.52 Å². The predicted molar refractivity (Wildman–Crippen MR) is 122 cm³/mol. The second kappa shape index (κ2) is 8.98. The molecule has 12 heteroatoms. The Bertz CT molecular complexity index is 1560. The third-order valence-corrected chi connectivity index (χ3v) is 6.12. The minimum absolute atomic E-state index is 0.191. The van der Waals surface area contributed by atoms with Crippen molar-refractivity contribution in [3.05, 3.63) is 88.2 Å². The quantitative estimate of drug-likeness (QED) is 0.381. The van der Waals surface area contributed by atoms with E-state index in [9.17, 15) is 22.0 Å². The number of halogens is 2. The molecule has 0 saturated heterocycles. The fourth-order valence-electron chi connectivity index (χ4n) is 3.21. The summed E-state index contributed by atoms with van der Waals surface area (Å²) in [5.74, 6) is -0.831. The third-order valence-electron chi connectivity index (χ3n) is 4.72. The van der Waals surface area contributed by atoms with E-state index in [0.717, 1.165) is 12.1 Å². The molecule has 3 aromatic heterocycles. The molecule has 3 heterocycles. The minimum Gasteiger partial charge on any atom is -0.325 e. The Balaban J connectivity index is 1.69. The normalized spacial score (nSPS) is 11.3. The highest BCUT2D eigenvalue weighted by Gasteiger charge is 2.20. The number of hydrogen-bond donors (Lipinski definition) is 3. The van der Waals surface area contributed by atoms with E-state index < -0.39 is 32.1 Å². The summed E-state index contributed by atoms with van der Waals surface area (Å²) in [7, 11) is -4.44. The van der Waals surface area contributed by atoms with E-state index in [0.29, 0.717) is 40.2 Å². The van der Waals surface area contributed by atoms with E-state index >= 15 is 0 Å². The lowest BCUT2D eigenvalue weighted by Gasteiger charge is -2.12. The van der Waals surface area contributed by atoms with Gasteiger partial charge in [-0.2, -0.15) is 0 Å². The Morgan fingerprint density at radius 1 is 0.971 bits per heavy atom. The van der Waals surface area contributed by atoms with Gasteiger partial charge in [0.05, 0.1) is 0 Å². The number of hydrogen-bond acceptors (Lipinski definition) is 7. The molecule has 174 valence electrons. The first-order valence-corrected chi connectivity index (χ1v) is 11.3. The smallest absolute Gasteiger partial charge is 0.265 e. The van der Waals surface area contributed by atoms with Gasteiger partial charge in [0.15, 0.2) is 0 Å². The first-order valence-electron chi connectivity index (χ1n) is 9.87. The summed E-state index contributed by atoms with van der Waals surface area (Å²) in [5, 5.41) is 3.05. The van der Waals surface area contributed by atoms with Gasteiger partial charge >= 0.3 is 0 Å². The van der Waals surface area contributed by atoms with Crippen molar-refractivity contribution in [3.63, 3.8) is 0 Å². The zero-order chi connectivity index (χ0) is 24.5. The summed E-state index contributed by atoms with van der Waals surface area (Å²) < 4.78 is 54.5. The molecule has 4 rings (SSSR count). The summed E-state index contributed by atoms with van der Waals surface area (Å²) in [4.78, 5) is 26.5. The van der Waals surface area contributed by atoms with Crippen LogP contribution in [0.5, 0.6) is 0 Å². The summed E-state index contributed by atoms with van der Waals surface area (Å²) in [6.45, 7) is 3.52. The lowest BCUT2D eigenvalue weighted by Crippen LogP contribution is -2.18. The molecule has 0 saturated carbocycles. The van der Waals surface area contributed by atoms with E-state index in [1.807, 2.05) is 0 Å². The Labute approximate surface area is 193 Å². The molecular weight excluding hydrogens is 466 g/mol. The zero-order valence-corrected chi connectivity index (χ0v) is 18.7. The number of sulfonamides is 1. The first-order chi connectivity index (χ1) is 16.1. The van der Waals surface area contributed by atoms with E-state index in [4.69, 9.17) is 0 Å². The molecule has 3 N–H and O–H groups in total. The molecule has 0 bridgehead atoms. The zero-order valence-electron chi connectivity index (χ0n) is 17.9. The summed E-state index contributed by atoms with van der Waals surface area (Å²) >= 11 is 0. The van der Waals surface area contributed by atoms with Crippen molar-refractivity contribution in [3.8, 4) is 11.1 Å². The summed E-state index contributed by atoms with van der Waals surface area (Å²) in [6.07, 6.45) is 3.18. The van der Waals surface area contributed by atoms with Crippen LogP contribution in [0.4, 0.5) is 26.2 Å². The van der Waals surface area contributed by atoms with Crippen LogP contribution in [0.15, 0.2) is 64.5 Å². The maximum absolute atomic E-state index is 14.0. The molecule has 0 unspecified atom stereocenters. The second-order valence-electron chi connectivity index (χ2n) is 7.33. The largest absolute Gasteiger partial charge is 0.325 e. The van der Waals surface area contributed by atoms with Crippen LogP contribution in [-0.4, -0.2) is 28.4 Å². The predicted octanol–water partition coefficient (Wildman–Crippen LogP) is 3.67. The molecule has 0 amide bonds. The Kier molecular flexibility index (Phi) is 6.07. The number of anilines is 3. The molecule has 34 heavy (non-hydrogen) atoms. The Hall–Kier alpha value is -4.19. The molecule has 0 fully saturated rings. The van der Waals surface area contributed by atoms with Crippen LogP contribution in [0.2, 0.25) is 0 Å². The fourth-order valence-corrected chi connectivity index (χ4v) is 4.28. The molecule has 9 nitrogen and oxygen atoms in total. The van der Waals surface area contributed by atoms with Gasteiger partial charge in [-0.25, -0.2) is 32.2 Å². The number of aromatic amines is 1. The lowest BCUT2D eigenvalue weighted by atomic mass is 10.0. The van der Waals surface area contributed by atoms with E-state index in [1.165, 1.54) is 12.1 Å². The number of nitrogens with zero attached hydrogens (tertiary/aromatic N) is 3. The number of pyridine rings is 2. The molecule has 0 aliphatic carbocycles. The third kappa shape index (κ3) is 5.07. The van der Waals surface area contributed by atoms with Crippen molar-refractivity contribution in [1.82, 2.24) is 19.9 Å². The number of aryl methyl sites for hydroxylation is 2. The Morgan fingerprint density at radius 2 is 1.76 bits per heavy atom. The van der Waals surface area contributed by atoms with Gasteiger partial charge in [0.2, 0.25) is 5.56 Å². The highest BCUT2D eigenvalue weighted by molar-refractivity contribution is 7.92. The van der Waals surface area contributed by atoms with Gasteiger partial charge in [-0.1, -0.05) is 0 Å². The minimum atomic E-state index is -4.44. The van der Waals surface area contributed by atoms with Gasteiger partial charge in [-0.05, 0) is 60.9 Å². The van der Waals surface area contributed by atoms with Gasteiger partial charge in [0.1, 0.15) is 39.8 Å². The number of rotatable bonds is 6. The van der Waals surface area contributed by atoms with Crippen molar-refractivity contribution in [2.75, 3.05) is 10.0 Å². The van der Waals surface area contributed by atoms with Crippen LogP contribution in [0.25, 0.3) is 11.1 Å². The van der Waals surface area contributed by atoms with Crippen molar-refractivity contribution < 1.29 is 17.2 Å². The van der Waals surface area contributed by atoms with Crippen molar-refractivity contribution in [1.29, 1.82) is 0 Å². The summed E-state index contributed by atoms with van der Waals surface area (Å²) in [6, 6.07) is 8.11. The molecule has 0 atom stereocenters. The van der Waals surface area contributed by atoms with E-state index in [1.54, 1.807) is 38.4 Å². The standard InChI is InChI=1S/C22H18F2N6O3S/c1-12-11-26-20(28-19-5-6-25-13(2)27-19)10-16(12)14-7-21(29-22(31)8-14)30-34(32,33)18-4-3-15(23)9-17(18)24/h3-11H,1-2H3,(H2,29,30,31)(H,25,26,27,28). The number of aromatic nitrogens is 4. The summed E-state index contributed by atoms with van der Waals surface area (Å²) in [5.41, 5.74) is 1.12. The molecule has 4 aromatic rings. The average Bonchev–Trinajstić information content (AvgIpc) is 2.74. The van der Waals surface area contributed by atoms with E-state index in [2.05, 4.69) is 30.0 Å². The van der Waals surface area contributed by atoms with E-state index in [-0.39, 0.29) is 5.82 Å².